The van der Waals surface area contributed by atoms with Gasteiger partial charge in [0.2, 0.25) is 0 Å². The van der Waals surface area contributed by atoms with Crippen LogP contribution in [0.1, 0.15) is 0 Å². The van der Waals surface area contributed by atoms with E-state index in [9.17, 15) is 4.39 Å². The summed E-state index contributed by atoms with van der Waals surface area (Å²) < 4.78 is 35.4. The van der Waals surface area contributed by atoms with Crippen molar-refractivity contribution in [3.05, 3.63) is 95.5 Å². The topological polar surface area (TPSA) is 13.1 Å². The van der Waals surface area contributed by atoms with E-state index in [4.69, 9.17) is 16.0 Å². The lowest BCUT2D eigenvalue weighted by molar-refractivity contribution is 0.548. The Labute approximate surface area is 154 Å². The minimum atomic E-state index is -0.601. The lowest BCUT2D eigenvalue weighted by atomic mass is 10.0. The van der Waals surface area contributed by atoms with Gasteiger partial charge in [0.05, 0.1) is 11.1 Å². The standard InChI is InChI=1S/C22H13ClF2O/c23-16-12-10-14(11-13-16)19-20(25)22(17-8-4-5-9-18(17)24)26-21(19)15-6-2-1-3-7-15/h1-13H. The van der Waals surface area contributed by atoms with Crippen LogP contribution in [-0.2, 0) is 0 Å². The predicted molar refractivity (Wildman–Crippen MR) is 99.9 cm³/mol. The Kier molecular flexibility index (Phi) is 4.31. The molecule has 0 N–H and O–H groups in total. The van der Waals surface area contributed by atoms with Crippen molar-refractivity contribution in [2.24, 2.45) is 0 Å². The summed E-state index contributed by atoms with van der Waals surface area (Å²) in [6, 6.07) is 22.0. The van der Waals surface area contributed by atoms with Crippen LogP contribution >= 0.6 is 11.6 Å². The minimum absolute atomic E-state index is 0.0856. The second-order valence-corrected chi connectivity index (χ2v) is 6.24. The molecule has 0 saturated heterocycles. The summed E-state index contributed by atoms with van der Waals surface area (Å²) in [6.45, 7) is 0. The van der Waals surface area contributed by atoms with Crippen LogP contribution in [-0.4, -0.2) is 0 Å². The molecular formula is C22H13ClF2O. The Morgan fingerprint density at radius 3 is 2.00 bits per heavy atom. The molecule has 0 atom stereocenters. The van der Waals surface area contributed by atoms with E-state index in [1.54, 1.807) is 36.4 Å². The van der Waals surface area contributed by atoms with Crippen molar-refractivity contribution < 1.29 is 13.2 Å². The van der Waals surface area contributed by atoms with E-state index in [2.05, 4.69) is 0 Å². The maximum atomic E-state index is 15.3. The molecule has 0 aliphatic rings. The fourth-order valence-electron chi connectivity index (χ4n) is 2.90. The van der Waals surface area contributed by atoms with Crippen molar-refractivity contribution in [1.82, 2.24) is 0 Å². The van der Waals surface area contributed by atoms with Crippen LogP contribution < -0.4 is 0 Å². The zero-order valence-electron chi connectivity index (χ0n) is 13.5. The summed E-state index contributed by atoms with van der Waals surface area (Å²) in [5.41, 5.74) is 1.68. The summed E-state index contributed by atoms with van der Waals surface area (Å²) in [6.07, 6.45) is 0. The molecule has 0 amide bonds. The van der Waals surface area contributed by atoms with E-state index in [-0.39, 0.29) is 16.9 Å². The molecule has 0 bridgehead atoms. The molecule has 1 heterocycles. The molecule has 0 aliphatic carbocycles. The summed E-state index contributed by atoms with van der Waals surface area (Å²) in [5.74, 6) is -0.908. The van der Waals surface area contributed by atoms with Crippen LogP contribution in [0.3, 0.4) is 0 Å². The van der Waals surface area contributed by atoms with Crippen LogP contribution in [0.5, 0.6) is 0 Å². The van der Waals surface area contributed by atoms with Crippen molar-refractivity contribution in [2.45, 2.75) is 0 Å². The summed E-state index contributed by atoms with van der Waals surface area (Å²) in [5, 5.41) is 0.549. The smallest absolute Gasteiger partial charge is 0.178 e. The van der Waals surface area contributed by atoms with Gasteiger partial charge in [-0.3, -0.25) is 0 Å². The van der Waals surface area contributed by atoms with Gasteiger partial charge in [0, 0.05) is 10.6 Å². The number of hydrogen-bond acceptors (Lipinski definition) is 1. The summed E-state index contributed by atoms with van der Waals surface area (Å²) in [4.78, 5) is 0. The van der Waals surface area contributed by atoms with Gasteiger partial charge in [0.1, 0.15) is 11.6 Å². The highest BCUT2D eigenvalue weighted by Crippen LogP contribution is 2.42. The van der Waals surface area contributed by atoms with E-state index in [1.807, 2.05) is 30.3 Å². The van der Waals surface area contributed by atoms with E-state index in [0.717, 1.165) is 0 Å². The van der Waals surface area contributed by atoms with Crippen LogP contribution in [0.2, 0.25) is 5.02 Å². The normalized spacial score (nSPS) is 10.9. The Bertz CT molecular complexity index is 1050. The Hall–Kier alpha value is -2.91. The second kappa shape index (κ2) is 6.77. The molecular weight excluding hydrogens is 354 g/mol. The highest BCUT2D eigenvalue weighted by Gasteiger charge is 2.25. The van der Waals surface area contributed by atoms with Crippen molar-refractivity contribution in [3.63, 3.8) is 0 Å². The van der Waals surface area contributed by atoms with Gasteiger partial charge >= 0.3 is 0 Å². The van der Waals surface area contributed by atoms with Gasteiger partial charge < -0.3 is 4.42 Å². The van der Waals surface area contributed by atoms with Crippen molar-refractivity contribution in [2.75, 3.05) is 0 Å². The zero-order chi connectivity index (χ0) is 18.1. The second-order valence-electron chi connectivity index (χ2n) is 5.80. The Morgan fingerprint density at radius 1 is 0.654 bits per heavy atom. The first-order valence-corrected chi connectivity index (χ1v) is 8.41. The maximum absolute atomic E-state index is 15.3. The number of halogens is 3. The number of benzene rings is 3. The van der Waals surface area contributed by atoms with Crippen molar-refractivity contribution in [1.29, 1.82) is 0 Å². The van der Waals surface area contributed by atoms with Crippen LogP contribution in [0.25, 0.3) is 33.8 Å². The number of furan rings is 1. The highest BCUT2D eigenvalue weighted by molar-refractivity contribution is 6.30. The molecule has 1 nitrogen and oxygen atoms in total. The van der Waals surface area contributed by atoms with Gasteiger partial charge in [0.25, 0.3) is 0 Å². The number of hydrogen-bond donors (Lipinski definition) is 0. The van der Waals surface area contributed by atoms with E-state index in [0.29, 0.717) is 21.9 Å². The fraction of sp³-hybridized carbons (Fsp3) is 0. The van der Waals surface area contributed by atoms with Gasteiger partial charge in [-0.05, 0) is 29.8 Å². The van der Waals surface area contributed by atoms with Gasteiger partial charge in [-0.15, -0.1) is 0 Å². The molecule has 0 radical (unpaired) electrons. The molecule has 0 fully saturated rings. The molecule has 128 valence electrons. The zero-order valence-corrected chi connectivity index (χ0v) is 14.3. The first-order chi connectivity index (χ1) is 12.6. The molecule has 0 aliphatic heterocycles. The third-order valence-corrected chi connectivity index (χ3v) is 4.39. The highest BCUT2D eigenvalue weighted by atomic mass is 35.5. The Balaban J connectivity index is 2.00. The molecule has 4 aromatic rings. The molecule has 4 rings (SSSR count). The minimum Gasteiger partial charge on any atom is -0.452 e. The van der Waals surface area contributed by atoms with E-state index >= 15 is 4.39 Å². The average molecular weight is 367 g/mol. The quantitative estimate of drug-likeness (QED) is 0.373. The number of rotatable bonds is 3. The average Bonchev–Trinajstić information content (AvgIpc) is 3.01. The van der Waals surface area contributed by atoms with E-state index in [1.165, 1.54) is 12.1 Å². The van der Waals surface area contributed by atoms with Gasteiger partial charge in [-0.1, -0.05) is 66.2 Å². The van der Waals surface area contributed by atoms with Gasteiger partial charge in [-0.2, -0.15) is 0 Å². The summed E-state index contributed by atoms with van der Waals surface area (Å²) in [7, 11) is 0. The lowest BCUT2D eigenvalue weighted by Gasteiger charge is -2.03. The third kappa shape index (κ3) is 2.91. The molecule has 0 spiro atoms. The molecule has 0 unspecified atom stereocenters. The Morgan fingerprint density at radius 2 is 1.31 bits per heavy atom. The van der Waals surface area contributed by atoms with Crippen molar-refractivity contribution in [3.8, 4) is 33.8 Å². The molecule has 0 saturated carbocycles. The molecule has 4 heteroatoms. The first-order valence-electron chi connectivity index (χ1n) is 8.03. The SMILES string of the molecule is Fc1ccccc1-c1oc(-c2ccccc2)c(-c2ccc(Cl)cc2)c1F. The maximum Gasteiger partial charge on any atom is 0.178 e. The summed E-state index contributed by atoms with van der Waals surface area (Å²) >= 11 is 5.95. The van der Waals surface area contributed by atoms with Crippen LogP contribution in [0.4, 0.5) is 8.78 Å². The largest absolute Gasteiger partial charge is 0.452 e. The molecule has 3 aromatic carbocycles. The van der Waals surface area contributed by atoms with Gasteiger partial charge in [0.15, 0.2) is 11.6 Å². The predicted octanol–water partition coefficient (Wildman–Crippen LogP) is 7.21. The first kappa shape index (κ1) is 16.6. The van der Waals surface area contributed by atoms with Gasteiger partial charge in [-0.25, -0.2) is 8.78 Å². The molecule has 26 heavy (non-hydrogen) atoms. The fourth-order valence-corrected chi connectivity index (χ4v) is 3.02. The monoisotopic (exact) mass is 366 g/mol. The van der Waals surface area contributed by atoms with Crippen molar-refractivity contribution >= 4 is 11.6 Å². The molecule has 1 aromatic heterocycles. The lowest BCUT2D eigenvalue weighted by Crippen LogP contribution is -1.86. The van der Waals surface area contributed by atoms with Crippen LogP contribution in [0.15, 0.2) is 83.3 Å². The van der Waals surface area contributed by atoms with E-state index < -0.39 is 11.6 Å². The van der Waals surface area contributed by atoms with Crippen LogP contribution in [0, 0.1) is 11.6 Å². The third-order valence-electron chi connectivity index (χ3n) is 4.14.